The highest BCUT2D eigenvalue weighted by molar-refractivity contribution is 7.92. The Morgan fingerprint density at radius 1 is 1.08 bits per heavy atom. The quantitative estimate of drug-likeness (QED) is 0.399. The van der Waals surface area contributed by atoms with E-state index in [4.69, 9.17) is 11.6 Å². The second-order valence-corrected chi connectivity index (χ2v) is 12.7. The lowest BCUT2D eigenvalue weighted by Crippen LogP contribution is -2.50. The molecule has 208 valence electrons. The van der Waals surface area contributed by atoms with E-state index in [1.54, 1.807) is 24.0 Å². The fourth-order valence-electron chi connectivity index (χ4n) is 4.95. The van der Waals surface area contributed by atoms with Crippen LogP contribution in [0.3, 0.4) is 0 Å². The Bertz CT molecular complexity index is 1230. The molecule has 0 saturated heterocycles. The third kappa shape index (κ3) is 8.46. The fourth-order valence-corrected chi connectivity index (χ4v) is 6.18. The first-order valence-corrected chi connectivity index (χ1v) is 15.6. The summed E-state index contributed by atoms with van der Waals surface area (Å²) in [5.74, 6) is -0.369. The number of carbonyl (C=O) groups is 2. The summed E-state index contributed by atoms with van der Waals surface area (Å²) in [5, 5.41) is 3.69. The SMILES string of the molecule is Cc1ccc(C)c(N(CCCC(=O)N(Cc2cccc(Cl)c2)[C@@H](C)C(=O)NC2CCCCC2)S(C)(=O)=O)c1. The summed E-state index contributed by atoms with van der Waals surface area (Å²) in [4.78, 5) is 28.2. The van der Waals surface area contributed by atoms with Crippen LogP contribution in [-0.4, -0.2) is 50.0 Å². The number of aryl methyl sites for hydroxylation is 2. The molecule has 2 aromatic carbocycles. The van der Waals surface area contributed by atoms with Crippen molar-refractivity contribution in [2.24, 2.45) is 0 Å². The predicted octanol–water partition coefficient (Wildman–Crippen LogP) is 5.37. The number of benzene rings is 2. The Kier molecular flexibility index (Phi) is 10.6. The maximum absolute atomic E-state index is 13.5. The van der Waals surface area contributed by atoms with Gasteiger partial charge in [0.2, 0.25) is 21.8 Å². The Morgan fingerprint density at radius 3 is 2.45 bits per heavy atom. The van der Waals surface area contributed by atoms with Gasteiger partial charge < -0.3 is 10.2 Å². The van der Waals surface area contributed by atoms with Crippen LogP contribution in [0.2, 0.25) is 5.02 Å². The Morgan fingerprint density at radius 2 is 1.79 bits per heavy atom. The average Bonchev–Trinajstić information content (AvgIpc) is 2.86. The van der Waals surface area contributed by atoms with Crippen LogP contribution in [0.25, 0.3) is 0 Å². The highest BCUT2D eigenvalue weighted by Gasteiger charge is 2.28. The summed E-state index contributed by atoms with van der Waals surface area (Å²) in [6, 6.07) is 12.4. The highest BCUT2D eigenvalue weighted by Crippen LogP contribution is 2.25. The Balaban J connectivity index is 1.74. The summed E-state index contributed by atoms with van der Waals surface area (Å²) in [6.45, 7) is 5.95. The van der Waals surface area contributed by atoms with Crippen molar-refractivity contribution >= 4 is 39.1 Å². The third-order valence-corrected chi connectivity index (χ3v) is 8.56. The van der Waals surface area contributed by atoms with Crippen molar-refractivity contribution in [3.63, 3.8) is 0 Å². The molecule has 1 fully saturated rings. The zero-order chi connectivity index (χ0) is 27.9. The van der Waals surface area contributed by atoms with Crippen molar-refractivity contribution in [1.82, 2.24) is 10.2 Å². The number of anilines is 1. The van der Waals surface area contributed by atoms with Gasteiger partial charge in [-0.2, -0.15) is 0 Å². The normalized spacial score (nSPS) is 15.1. The van der Waals surface area contributed by atoms with E-state index >= 15 is 0 Å². The largest absolute Gasteiger partial charge is 0.352 e. The van der Waals surface area contributed by atoms with E-state index in [0.29, 0.717) is 17.1 Å². The second kappa shape index (κ2) is 13.5. The topological polar surface area (TPSA) is 86.8 Å². The first kappa shape index (κ1) is 30.0. The number of nitrogens with one attached hydrogen (secondary N) is 1. The molecule has 1 atom stereocenters. The van der Waals surface area contributed by atoms with Crippen molar-refractivity contribution < 1.29 is 18.0 Å². The van der Waals surface area contributed by atoms with Gasteiger partial charge in [-0.1, -0.05) is 55.1 Å². The van der Waals surface area contributed by atoms with Gasteiger partial charge >= 0.3 is 0 Å². The van der Waals surface area contributed by atoms with Crippen molar-refractivity contribution in [3.05, 3.63) is 64.2 Å². The van der Waals surface area contributed by atoms with Gasteiger partial charge in [0.25, 0.3) is 0 Å². The van der Waals surface area contributed by atoms with Gasteiger partial charge in [0, 0.05) is 30.6 Å². The van der Waals surface area contributed by atoms with Crippen LogP contribution in [0.4, 0.5) is 5.69 Å². The van der Waals surface area contributed by atoms with E-state index < -0.39 is 16.1 Å². The van der Waals surface area contributed by atoms with Crippen LogP contribution in [0.1, 0.15) is 68.6 Å². The van der Waals surface area contributed by atoms with Gasteiger partial charge in [0.05, 0.1) is 11.9 Å². The molecule has 1 aliphatic rings. The molecule has 0 aliphatic heterocycles. The van der Waals surface area contributed by atoms with Gasteiger partial charge in [-0.05, 0) is 74.9 Å². The number of nitrogens with zero attached hydrogens (tertiary/aromatic N) is 2. The third-order valence-electron chi connectivity index (χ3n) is 7.15. The minimum Gasteiger partial charge on any atom is -0.352 e. The molecule has 0 aromatic heterocycles. The predicted molar refractivity (Wildman–Crippen MR) is 154 cm³/mol. The summed E-state index contributed by atoms with van der Waals surface area (Å²) < 4.78 is 26.6. The number of carbonyl (C=O) groups excluding carboxylic acids is 2. The lowest BCUT2D eigenvalue weighted by molar-refractivity contribution is -0.141. The number of halogens is 1. The van der Waals surface area contributed by atoms with E-state index in [9.17, 15) is 18.0 Å². The smallest absolute Gasteiger partial charge is 0.242 e. The Hall–Kier alpha value is -2.58. The molecule has 9 heteroatoms. The van der Waals surface area contributed by atoms with Crippen molar-refractivity contribution in [2.45, 2.75) is 84.3 Å². The maximum atomic E-state index is 13.5. The van der Waals surface area contributed by atoms with E-state index in [-0.39, 0.29) is 37.4 Å². The molecule has 0 radical (unpaired) electrons. The number of hydrogen-bond acceptors (Lipinski definition) is 4. The zero-order valence-electron chi connectivity index (χ0n) is 22.9. The molecule has 2 amide bonds. The molecular weight excluding hydrogens is 522 g/mol. The van der Waals surface area contributed by atoms with Crippen LogP contribution in [-0.2, 0) is 26.2 Å². The van der Waals surface area contributed by atoms with Crippen molar-refractivity contribution in [2.75, 3.05) is 17.1 Å². The van der Waals surface area contributed by atoms with Gasteiger partial charge in [0.15, 0.2) is 0 Å². The summed E-state index contributed by atoms with van der Waals surface area (Å²) >= 11 is 6.18. The first-order chi connectivity index (χ1) is 18.0. The number of sulfonamides is 1. The van der Waals surface area contributed by atoms with Crippen LogP contribution in [0.5, 0.6) is 0 Å². The van der Waals surface area contributed by atoms with E-state index in [1.807, 2.05) is 44.2 Å². The molecule has 1 N–H and O–H groups in total. The molecule has 1 saturated carbocycles. The molecule has 0 bridgehead atoms. The monoisotopic (exact) mass is 561 g/mol. The van der Waals surface area contributed by atoms with Gasteiger partial charge in [0.1, 0.15) is 6.04 Å². The van der Waals surface area contributed by atoms with Crippen molar-refractivity contribution in [1.29, 1.82) is 0 Å². The van der Waals surface area contributed by atoms with E-state index in [1.165, 1.54) is 17.0 Å². The minimum absolute atomic E-state index is 0.110. The molecule has 2 aromatic rings. The van der Waals surface area contributed by atoms with Gasteiger partial charge in [-0.15, -0.1) is 0 Å². The minimum atomic E-state index is -3.55. The summed E-state index contributed by atoms with van der Waals surface area (Å²) in [6.07, 6.45) is 6.92. The Labute approximate surface area is 232 Å². The molecule has 3 rings (SSSR count). The lowest BCUT2D eigenvalue weighted by Gasteiger charge is -2.31. The standard InChI is InChI=1S/C29H40ClN3O4S/c1-21-15-16-22(2)27(18-21)33(38(4,36)37)17-9-14-28(34)32(20-24-10-8-11-25(30)19-24)23(3)29(35)31-26-12-6-5-7-13-26/h8,10-11,15-16,18-19,23,26H,5-7,9,12-14,17,20H2,1-4H3,(H,31,35)/t23-/m0/s1. The number of hydrogen-bond donors (Lipinski definition) is 1. The van der Waals surface area contributed by atoms with Crippen molar-refractivity contribution in [3.8, 4) is 0 Å². The lowest BCUT2D eigenvalue weighted by atomic mass is 9.95. The van der Waals surface area contributed by atoms with E-state index in [2.05, 4.69) is 5.32 Å². The van der Waals surface area contributed by atoms with Crippen LogP contribution >= 0.6 is 11.6 Å². The second-order valence-electron chi connectivity index (χ2n) is 10.4. The fraction of sp³-hybridized carbons (Fsp3) is 0.517. The number of rotatable bonds is 11. The zero-order valence-corrected chi connectivity index (χ0v) is 24.4. The maximum Gasteiger partial charge on any atom is 0.242 e. The first-order valence-electron chi connectivity index (χ1n) is 13.3. The molecule has 1 aliphatic carbocycles. The summed E-state index contributed by atoms with van der Waals surface area (Å²) in [5.41, 5.74) is 3.26. The summed E-state index contributed by atoms with van der Waals surface area (Å²) in [7, 11) is -3.55. The average molecular weight is 562 g/mol. The molecule has 0 spiro atoms. The number of amides is 2. The van der Waals surface area contributed by atoms with Crippen LogP contribution in [0, 0.1) is 13.8 Å². The van der Waals surface area contributed by atoms with Crippen LogP contribution < -0.4 is 9.62 Å². The highest BCUT2D eigenvalue weighted by atomic mass is 35.5. The van der Waals surface area contributed by atoms with Gasteiger partial charge in [-0.3, -0.25) is 13.9 Å². The molecule has 38 heavy (non-hydrogen) atoms. The van der Waals surface area contributed by atoms with E-state index in [0.717, 1.165) is 42.4 Å². The molecule has 0 unspecified atom stereocenters. The van der Waals surface area contributed by atoms with Crippen LogP contribution in [0.15, 0.2) is 42.5 Å². The van der Waals surface area contributed by atoms with Gasteiger partial charge in [-0.25, -0.2) is 8.42 Å². The molecular formula is C29H40ClN3O4S. The molecule has 0 heterocycles. The molecule has 7 nitrogen and oxygen atoms in total.